The number of aryl methyl sites for hydroxylation is 1. The second-order valence-electron chi connectivity index (χ2n) is 3.39. The van der Waals surface area contributed by atoms with Crippen LogP contribution in [0.2, 0.25) is 0 Å². The first-order chi connectivity index (χ1) is 6.50. The highest BCUT2D eigenvalue weighted by molar-refractivity contribution is 5.79. The molecule has 0 saturated carbocycles. The van der Waals surface area contributed by atoms with Gasteiger partial charge in [0.25, 0.3) is 0 Å². The predicted molar refractivity (Wildman–Crippen MR) is 53.0 cm³/mol. The lowest BCUT2D eigenvalue weighted by atomic mass is 9.91. The lowest BCUT2D eigenvalue weighted by Gasteiger charge is -2.22. The van der Waals surface area contributed by atoms with Gasteiger partial charge in [-0.05, 0) is 18.9 Å². The molecule has 0 fully saturated rings. The number of rotatable bonds is 3. The molecule has 3 nitrogen and oxygen atoms in total. The van der Waals surface area contributed by atoms with Crippen molar-refractivity contribution in [2.45, 2.75) is 25.9 Å². The van der Waals surface area contributed by atoms with Gasteiger partial charge < -0.3 is 10.2 Å². The second-order valence-corrected chi connectivity index (χ2v) is 3.39. The molecule has 0 amide bonds. The van der Waals surface area contributed by atoms with E-state index in [9.17, 15) is 9.90 Å². The monoisotopic (exact) mass is 194 g/mol. The van der Waals surface area contributed by atoms with Crippen LogP contribution in [0.3, 0.4) is 0 Å². The van der Waals surface area contributed by atoms with Gasteiger partial charge in [0, 0.05) is 0 Å². The number of aliphatic carboxylic acids is 1. The molecule has 1 atom stereocenters. The first-order valence-corrected chi connectivity index (χ1v) is 4.53. The van der Waals surface area contributed by atoms with Gasteiger partial charge in [0.15, 0.2) is 5.60 Å². The lowest BCUT2D eigenvalue weighted by molar-refractivity contribution is -0.160. The van der Waals surface area contributed by atoms with Crippen LogP contribution in [0.25, 0.3) is 0 Å². The summed E-state index contributed by atoms with van der Waals surface area (Å²) in [6.45, 7) is 3.56. The summed E-state index contributed by atoms with van der Waals surface area (Å²) in [5, 5.41) is 18.8. The molecule has 1 aromatic carbocycles. The Morgan fingerprint density at radius 1 is 1.36 bits per heavy atom. The molecule has 14 heavy (non-hydrogen) atoms. The first-order valence-electron chi connectivity index (χ1n) is 4.53. The average molecular weight is 194 g/mol. The highest BCUT2D eigenvalue weighted by atomic mass is 16.4. The van der Waals surface area contributed by atoms with Gasteiger partial charge in [0.2, 0.25) is 0 Å². The molecule has 1 rings (SSSR count). The van der Waals surface area contributed by atoms with Crippen LogP contribution in [-0.4, -0.2) is 16.2 Å². The summed E-state index contributed by atoms with van der Waals surface area (Å²) >= 11 is 0. The van der Waals surface area contributed by atoms with Crippen LogP contribution >= 0.6 is 0 Å². The van der Waals surface area contributed by atoms with Gasteiger partial charge >= 0.3 is 5.97 Å². The standard InChI is InChI=1S/C11H14O3/c1-3-11(14,10(12)13)9-6-4-8(2)5-7-9/h4-7,14H,3H2,1-2H3,(H,12,13). The molecule has 1 unspecified atom stereocenters. The third-order valence-electron chi connectivity index (χ3n) is 2.39. The van der Waals surface area contributed by atoms with Crippen LogP contribution in [0.1, 0.15) is 24.5 Å². The predicted octanol–water partition coefficient (Wildman–Crippen LogP) is 1.68. The Kier molecular flexibility index (Phi) is 2.91. The molecule has 0 aromatic heterocycles. The topological polar surface area (TPSA) is 57.5 Å². The summed E-state index contributed by atoms with van der Waals surface area (Å²) < 4.78 is 0. The van der Waals surface area contributed by atoms with Crippen molar-refractivity contribution < 1.29 is 15.0 Å². The molecule has 0 radical (unpaired) electrons. The van der Waals surface area contributed by atoms with E-state index in [1.807, 2.05) is 6.92 Å². The average Bonchev–Trinajstić information content (AvgIpc) is 2.17. The van der Waals surface area contributed by atoms with E-state index in [0.717, 1.165) is 5.56 Å². The van der Waals surface area contributed by atoms with Crippen molar-refractivity contribution in [1.82, 2.24) is 0 Å². The highest BCUT2D eigenvalue weighted by Gasteiger charge is 2.35. The highest BCUT2D eigenvalue weighted by Crippen LogP contribution is 2.25. The third kappa shape index (κ3) is 1.77. The number of aliphatic hydroxyl groups is 1. The first kappa shape index (κ1) is 10.7. The Bertz CT molecular complexity index is 329. The van der Waals surface area contributed by atoms with Crippen molar-refractivity contribution >= 4 is 5.97 Å². The van der Waals surface area contributed by atoms with E-state index in [0.29, 0.717) is 5.56 Å². The summed E-state index contributed by atoms with van der Waals surface area (Å²) in [6.07, 6.45) is 0.158. The van der Waals surface area contributed by atoms with Gasteiger partial charge in [0.1, 0.15) is 0 Å². The zero-order valence-electron chi connectivity index (χ0n) is 8.32. The van der Waals surface area contributed by atoms with E-state index >= 15 is 0 Å². The number of benzene rings is 1. The minimum atomic E-state index is -1.76. The molecule has 1 aromatic rings. The van der Waals surface area contributed by atoms with Gasteiger partial charge in [-0.2, -0.15) is 0 Å². The fraction of sp³-hybridized carbons (Fsp3) is 0.364. The fourth-order valence-corrected chi connectivity index (χ4v) is 1.31. The van der Waals surface area contributed by atoms with Crippen molar-refractivity contribution in [2.24, 2.45) is 0 Å². The SMILES string of the molecule is CCC(O)(C(=O)O)c1ccc(C)cc1. The molecule has 0 aliphatic rings. The molecule has 3 heteroatoms. The number of hydrogen-bond acceptors (Lipinski definition) is 2. The van der Waals surface area contributed by atoms with Crippen LogP contribution < -0.4 is 0 Å². The van der Waals surface area contributed by atoms with E-state index in [4.69, 9.17) is 5.11 Å². The smallest absolute Gasteiger partial charge is 0.340 e. The van der Waals surface area contributed by atoms with Crippen LogP contribution in [0.5, 0.6) is 0 Å². The molecular weight excluding hydrogens is 180 g/mol. The number of carboxylic acids is 1. The Hall–Kier alpha value is -1.35. The van der Waals surface area contributed by atoms with Crippen molar-refractivity contribution in [3.05, 3.63) is 35.4 Å². The minimum Gasteiger partial charge on any atom is -0.479 e. The van der Waals surface area contributed by atoms with E-state index in [1.165, 1.54) is 0 Å². The zero-order chi connectivity index (χ0) is 10.8. The van der Waals surface area contributed by atoms with Crippen molar-refractivity contribution in [3.63, 3.8) is 0 Å². The molecule has 76 valence electrons. The molecule has 0 aliphatic heterocycles. The lowest BCUT2D eigenvalue weighted by Crippen LogP contribution is -2.34. The molecule has 2 N–H and O–H groups in total. The number of carbonyl (C=O) groups is 1. The van der Waals surface area contributed by atoms with Crippen LogP contribution in [-0.2, 0) is 10.4 Å². The second kappa shape index (κ2) is 3.80. The minimum absolute atomic E-state index is 0.158. The van der Waals surface area contributed by atoms with Crippen LogP contribution in [0.4, 0.5) is 0 Å². The zero-order valence-corrected chi connectivity index (χ0v) is 8.32. The van der Waals surface area contributed by atoms with E-state index in [-0.39, 0.29) is 6.42 Å². The van der Waals surface area contributed by atoms with E-state index in [1.54, 1.807) is 31.2 Å². The Labute approximate surface area is 83.0 Å². The maximum atomic E-state index is 10.9. The molecular formula is C11H14O3. The summed E-state index contributed by atoms with van der Waals surface area (Å²) in [5.41, 5.74) is -0.288. The van der Waals surface area contributed by atoms with Crippen molar-refractivity contribution in [1.29, 1.82) is 0 Å². The van der Waals surface area contributed by atoms with E-state index < -0.39 is 11.6 Å². The van der Waals surface area contributed by atoms with Gasteiger partial charge in [-0.3, -0.25) is 0 Å². The van der Waals surface area contributed by atoms with Gasteiger partial charge in [-0.25, -0.2) is 4.79 Å². The largest absolute Gasteiger partial charge is 0.479 e. The quantitative estimate of drug-likeness (QED) is 0.769. The van der Waals surface area contributed by atoms with Gasteiger partial charge in [0.05, 0.1) is 0 Å². The summed E-state index contributed by atoms with van der Waals surface area (Å²) in [5.74, 6) is -1.20. The van der Waals surface area contributed by atoms with Crippen LogP contribution in [0, 0.1) is 6.92 Å². The normalized spacial score (nSPS) is 14.8. The molecule has 0 saturated heterocycles. The molecule has 0 bridgehead atoms. The van der Waals surface area contributed by atoms with E-state index in [2.05, 4.69) is 0 Å². The van der Waals surface area contributed by atoms with Gasteiger partial charge in [-0.1, -0.05) is 36.8 Å². The Morgan fingerprint density at radius 3 is 2.21 bits per heavy atom. The molecule has 0 spiro atoms. The summed E-state index contributed by atoms with van der Waals surface area (Å²) in [7, 11) is 0. The number of hydrogen-bond donors (Lipinski definition) is 2. The third-order valence-corrected chi connectivity index (χ3v) is 2.39. The fourth-order valence-electron chi connectivity index (χ4n) is 1.31. The summed E-state index contributed by atoms with van der Waals surface area (Å²) in [4.78, 5) is 10.9. The van der Waals surface area contributed by atoms with Crippen molar-refractivity contribution in [3.8, 4) is 0 Å². The van der Waals surface area contributed by atoms with Crippen LogP contribution in [0.15, 0.2) is 24.3 Å². The Balaban J connectivity index is 3.13. The Morgan fingerprint density at radius 2 is 1.86 bits per heavy atom. The molecule has 0 aliphatic carbocycles. The van der Waals surface area contributed by atoms with Gasteiger partial charge in [-0.15, -0.1) is 0 Å². The summed E-state index contributed by atoms with van der Waals surface area (Å²) in [6, 6.07) is 6.87. The van der Waals surface area contributed by atoms with Crippen molar-refractivity contribution in [2.75, 3.05) is 0 Å². The maximum absolute atomic E-state index is 10.9. The maximum Gasteiger partial charge on any atom is 0.340 e. The number of carboxylic acid groups (broad SMARTS) is 1. The molecule has 0 heterocycles.